The van der Waals surface area contributed by atoms with Crippen molar-refractivity contribution in [1.29, 1.82) is 0 Å². The van der Waals surface area contributed by atoms with Gasteiger partial charge in [-0.15, -0.1) is 11.8 Å². The van der Waals surface area contributed by atoms with E-state index in [2.05, 4.69) is 0 Å². The van der Waals surface area contributed by atoms with E-state index in [0.717, 1.165) is 30.0 Å². The summed E-state index contributed by atoms with van der Waals surface area (Å²) in [6.45, 7) is 1.58. The molecule has 0 atom stereocenters. The Morgan fingerprint density at radius 1 is 1.14 bits per heavy atom. The molecule has 0 aliphatic carbocycles. The highest BCUT2D eigenvalue weighted by atomic mass is 32.2. The van der Waals surface area contributed by atoms with Gasteiger partial charge >= 0.3 is 5.97 Å². The van der Waals surface area contributed by atoms with Crippen LogP contribution in [0.4, 0.5) is 13.2 Å². The summed E-state index contributed by atoms with van der Waals surface area (Å²) in [6, 6.07) is 8.78. The van der Waals surface area contributed by atoms with Crippen LogP contribution in [0.1, 0.15) is 12.5 Å². The zero-order chi connectivity index (χ0) is 20.3. The van der Waals surface area contributed by atoms with Crippen LogP contribution in [0.2, 0.25) is 0 Å². The van der Waals surface area contributed by atoms with Gasteiger partial charge in [-0.2, -0.15) is 0 Å². The van der Waals surface area contributed by atoms with Crippen LogP contribution in [-0.4, -0.2) is 17.1 Å². The van der Waals surface area contributed by atoms with Crippen molar-refractivity contribution >= 4 is 28.6 Å². The molecule has 0 aliphatic heterocycles. The van der Waals surface area contributed by atoms with E-state index in [1.807, 2.05) is 0 Å². The Morgan fingerprint density at radius 2 is 1.93 bits per heavy atom. The van der Waals surface area contributed by atoms with E-state index in [-0.39, 0.29) is 40.8 Å². The summed E-state index contributed by atoms with van der Waals surface area (Å²) in [4.78, 5) is 24.4. The van der Waals surface area contributed by atoms with Crippen LogP contribution in [0.25, 0.3) is 10.9 Å². The summed E-state index contributed by atoms with van der Waals surface area (Å²) in [6.07, 6.45) is 0. The number of carbonyl (C=O) groups excluding carboxylic acids is 1. The van der Waals surface area contributed by atoms with Crippen molar-refractivity contribution in [2.45, 2.75) is 24.2 Å². The molecule has 4 nitrogen and oxygen atoms in total. The fraction of sp³-hybridized carbons (Fsp3) is 0.200. The first-order valence-corrected chi connectivity index (χ1v) is 9.43. The second-order valence-electron chi connectivity index (χ2n) is 5.90. The Labute approximate surface area is 162 Å². The first-order chi connectivity index (χ1) is 13.4. The fourth-order valence-corrected chi connectivity index (χ4v) is 3.79. The number of hydrogen-bond donors (Lipinski definition) is 0. The molecule has 3 rings (SSSR count). The molecule has 0 bridgehead atoms. The fourth-order valence-electron chi connectivity index (χ4n) is 2.75. The van der Waals surface area contributed by atoms with Gasteiger partial charge in [0.05, 0.1) is 17.1 Å². The lowest BCUT2D eigenvalue weighted by Crippen LogP contribution is -2.18. The van der Waals surface area contributed by atoms with Gasteiger partial charge < -0.3 is 9.30 Å². The van der Waals surface area contributed by atoms with Crippen molar-refractivity contribution in [3.63, 3.8) is 0 Å². The third-order valence-electron chi connectivity index (χ3n) is 4.04. The van der Waals surface area contributed by atoms with Gasteiger partial charge in [0.1, 0.15) is 12.4 Å². The van der Waals surface area contributed by atoms with Gasteiger partial charge in [-0.1, -0.05) is 12.1 Å². The molecular weight excluding hydrogens is 391 g/mol. The first kappa shape index (κ1) is 20.0. The normalized spacial score (nSPS) is 11.0. The standard InChI is InChI=1S/C20H16F3NO3S/c1-2-27-19(26)10-24-16-8-13(21)6-7-14(16)17(25)9-18(24)28-11-12-4-3-5-15(22)20(12)23/h3-9H,2,10-11H2,1H3. The number of fused-ring (bicyclic) bond motifs is 1. The number of nitrogens with zero attached hydrogens (tertiary/aromatic N) is 1. The number of rotatable bonds is 6. The summed E-state index contributed by atoms with van der Waals surface area (Å²) in [5.74, 6) is -3.05. The molecule has 28 heavy (non-hydrogen) atoms. The molecule has 0 amide bonds. The molecule has 0 saturated carbocycles. The lowest BCUT2D eigenvalue weighted by Gasteiger charge is -2.16. The maximum atomic E-state index is 13.9. The van der Waals surface area contributed by atoms with E-state index in [1.165, 1.54) is 28.8 Å². The van der Waals surface area contributed by atoms with E-state index in [1.54, 1.807) is 6.92 Å². The third-order valence-corrected chi connectivity index (χ3v) is 5.13. The minimum atomic E-state index is -0.971. The highest BCUT2D eigenvalue weighted by molar-refractivity contribution is 7.98. The number of aromatic nitrogens is 1. The first-order valence-electron chi connectivity index (χ1n) is 8.45. The molecular formula is C20H16F3NO3S. The molecule has 0 aliphatic rings. The van der Waals surface area contributed by atoms with Crippen LogP contribution < -0.4 is 5.43 Å². The van der Waals surface area contributed by atoms with Crippen LogP contribution in [0, 0.1) is 17.5 Å². The molecule has 0 fully saturated rings. The molecule has 1 aromatic heterocycles. The Hall–Kier alpha value is -2.74. The van der Waals surface area contributed by atoms with E-state index >= 15 is 0 Å². The molecule has 146 valence electrons. The second kappa shape index (κ2) is 8.52. The quantitative estimate of drug-likeness (QED) is 0.452. The van der Waals surface area contributed by atoms with Crippen molar-refractivity contribution < 1.29 is 22.7 Å². The predicted molar refractivity (Wildman–Crippen MR) is 101 cm³/mol. The number of pyridine rings is 1. The Kier molecular flexibility index (Phi) is 6.08. The summed E-state index contributed by atoms with van der Waals surface area (Å²) < 4.78 is 47.5. The van der Waals surface area contributed by atoms with Gasteiger partial charge in [0.25, 0.3) is 0 Å². The number of ether oxygens (including phenoxy) is 1. The van der Waals surface area contributed by atoms with Gasteiger partial charge in [0, 0.05) is 22.8 Å². The van der Waals surface area contributed by atoms with Crippen molar-refractivity contribution in [1.82, 2.24) is 4.57 Å². The van der Waals surface area contributed by atoms with Gasteiger partial charge in [-0.05, 0) is 31.2 Å². The number of halogens is 3. The van der Waals surface area contributed by atoms with Gasteiger partial charge in [-0.3, -0.25) is 9.59 Å². The smallest absolute Gasteiger partial charge is 0.325 e. The molecule has 0 N–H and O–H groups in total. The molecule has 3 aromatic rings. The zero-order valence-electron chi connectivity index (χ0n) is 14.9. The number of carbonyl (C=O) groups is 1. The van der Waals surface area contributed by atoms with Crippen molar-refractivity contribution in [2.75, 3.05) is 6.61 Å². The van der Waals surface area contributed by atoms with Crippen molar-refractivity contribution in [3.8, 4) is 0 Å². The van der Waals surface area contributed by atoms with Crippen LogP contribution in [0.5, 0.6) is 0 Å². The number of benzene rings is 2. The summed E-state index contributed by atoms with van der Waals surface area (Å²) >= 11 is 1.04. The monoisotopic (exact) mass is 407 g/mol. The Morgan fingerprint density at radius 3 is 2.68 bits per heavy atom. The van der Waals surface area contributed by atoms with Crippen molar-refractivity contribution in [3.05, 3.63) is 75.7 Å². The lowest BCUT2D eigenvalue weighted by atomic mass is 10.2. The van der Waals surface area contributed by atoms with E-state index < -0.39 is 23.4 Å². The van der Waals surface area contributed by atoms with E-state index in [9.17, 15) is 22.8 Å². The molecule has 0 saturated heterocycles. The number of hydrogen-bond acceptors (Lipinski definition) is 4. The highest BCUT2D eigenvalue weighted by Crippen LogP contribution is 2.27. The van der Waals surface area contributed by atoms with Crippen LogP contribution in [0.15, 0.2) is 52.3 Å². The van der Waals surface area contributed by atoms with Crippen LogP contribution >= 0.6 is 11.8 Å². The van der Waals surface area contributed by atoms with E-state index in [4.69, 9.17) is 4.74 Å². The predicted octanol–water partition coefficient (Wildman–Crippen LogP) is 4.27. The molecule has 0 unspecified atom stereocenters. The van der Waals surface area contributed by atoms with Gasteiger partial charge in [-0.25, -0.2) is 13.2 Å². The molecule has 8 heteroatoms. The maximum Gasteiger partial charge on any atom is 0.325 e. The van der Waals surface area contributed by atoms with Gasteiger partial charge in [0.15, 0.2) is 17.1 Å². The van der Waals surface area contributed by atoms with Crippen molar-refractivity contribution in [2.24, 2.45) is 0 Å². The highest BCUT2D eigenvalue weighted by Gasteiger charge is 2.16. The maximum absolute atomic E-state index is 13.9. The van der Waals surface area contributed by atoms with Gasteiger partial charge in [0.2, 0.25) is 0 Å². The third kappa shape index (κ3) is 4.22. The zero-order valence-corrected chi connectivity index (χ0v) is 15.7. The van der Waals surface area contributed by atoms with Crippen LogP contribution in [-0.2, 0) is 21.8 Å². The average Bonchev–Trinajstić information content (AvgIpc) is 2.65. The topological polar surface area (TPSA) is 48.3 Å². The Bertz CT molecular complexity index is 1100. The summed E-state index contributed by atoms with van der Waals surface area (Å²) in [5, 5.41) is 0.562. The second-order valence-corrected chi connectivity index (χ2v) is 6.90. The lowest BCUT2D eigenvalue weighted by molar-refractivity contribution is -0.143. The summed E-state index contributed by atoms with van der Waals surface area (Å²) in [5.41, 5.74) is -0.0282. The molecule has 0 spiro atoms. The number of esters is 1. The average molecular weight is 407 g/mol. The minimum Gasteiger partial charge on any atom is -0.465 e. The minimum absolute atomic E-state index is 0.0205. The molecule has 2 aromatic carbocycles. The SMILES string of the molecule is CCOC(=O)Cn1c(SCc2cccc(F)c2F)cc(=O)c2ccc(F)cc21. The van der Waals surface area contributed by atoms with Crippen LogP contribution in [0.3, 0.4) is 0 Å². The largest absolute Gasteiger partial charge is 0.465 e. The Balaban J connectivity index is 2.05. The number of thioether (sulfide) groups is 1. The summed E-state index contributed by atoms with van der Waals surface area (Å²) in [7, 11) is 0. The molecule has 1 heterocycles. The molecule has 0 radical (unpaired) electrons. The van der Waals surface area contributed by atoms with E-state index in [0.29, 0.717) is 5.03 Å².